The molecule has 0 radical (unpaired) electrons. The van der Waals surface area contributed by atoms with Crippen LogP contribution in [0.2, 0.25) is 0 Å². The molecule has 1 N–H and O–H groups in total. The maximum Gasteiger partial charge on any atom is 0.119 e. The van der Waals surface area contributed by atoms with Gasteiger partial charge < -0.3 is 14.8 Å². The molecule has 1 aromatic carbocycles. The first-order valence-corrected chi connectivity index (χ1v) is 7.41. The number of anilines is 1. The van der Waals surface area contributed by atoms with Crippen LogP contribution in [0.5, 0.6) is 5.75 Å². The van der Waals surface area contributed by atoms with Gasteiger partial charge in [0.25, 0.3) is 0 Å². The van der Waals surface area contributed by atoms with Crippen molar-refractivity contribution in [1.82, 2.24) is 0 Å². The Morgan fingerprint density at radius 3 is 2.20 bits per heavy atom. The van der Waals surface area contributed by atoms with Gasteiger partial charge in [-0.3, -0.25) is 0 Å². The lowest BCUT2D eigenvalue weighted by molar-refractivity contribution is -0.0662. The molecule has 1 atom stereocenters. The summed E-state index contributed by atoms with van der Waals surface area (Å²) in [5.41, 5.74) is 0.888. The third kappa shape index (κ3) is 3.66. The second-order valence-electron chi connectivity index (χ2n) is 7.06. The molecule has 0 bridgehead atoms. The Morgan fingerprint density at radius 2 is 1.75 bits per heavy atom. The Kier molecular flexibility index (Phi) is 4.01. The van der Waals surface area contributed by atoms with Crippen LogP contribution in [-0.2, 0) is 4.74 Å². The summed E-state index contributed by atoms with van der Waals surface area (Å²) in [6.45, 7) is 12.7. The van der Waals surface area contributed by atoms with E-state index in [9.17, 15) is 0 Å². The first-order chi connectivity index (χ1) is 9.18. The summed E-state index contributed by atoms with van der Waals surface area (Å²) in [4.78, 5) is 0. The molecular weight excluding hydrogens is 250 g/mol. The first kappa shape index (κ1) is 15.2. The molecular formula is C17H27NO2. The second-order valence-corrected chi connectivity index (χ2v) is 7.06. The summed E-state index contributed by atoms with van der Waals surface area (Å²) < 4.78 is 11.8. The van der Waals surface area contributed by atoms with E-state index in [0.717, 1.165) is 17.9 Å². The lowest BCUT2D eigenvalue weighted by Crippen LogP contribution is -2.38. The zero-order chi connectivity index (χ0) is 15.0. The molecule has 0 spiro atoms. The molecule has 0 saturated carbocycles. The molecule has 1 aliphatic heterocycles. The van der Waals surface area contributed by atoms with Crippen molar-refractivity contribution in [2.75, 3.05) is 5.32 Å². The maximum absolute atomic E-state index is 6.11. The Balaban J connectivity index is 2.03. The van der Waals surface area contributed by atoms with Crippen LogP contribution >= 0.6 is 0 Å². The largest absolute Gasteiger partial charge is 0.491 e. The molecule has 2 rings (SSSR count). The molecule has 1 unspecified atom stereocenters. The number of benzene rings is 1. The molecule has 3 nitrogen and oxygen atoms in total. The SMILES string of the molecule is CC(C)Oc1ccc(NC2CC(C)(C)OC2(C)C)cc1. The number of ether oxygens (including phenoxy) is 2. The van der Waals surface area contributed by atoms with Crippen LogP contribution in [-0.4, -0.2) is 23.3 Å². The predicted octanol–water partition coefficient (Wildman–Crippen LogP) is 4.23. The van der Waals surface area contributed by atoms with Gasteiger partial charge >= 0.3 is 0 Å². The minimum absolute atomic E-state index is 0.0676. The zero-order valence-corrected chi connectivity index (χ0v) is 13.5. The van der Waals surface area contributed by atoms with Crippen molar-refractivity contribution in [2.24, 2.45) is 0 Å². The van der Waals surface area contributed by atoms with Gasteiger partial charge in [-0.15, -0.1) is 0 Å². The van der Waals surface area contributed by atoms with Crippen molar-refractivity contribution in [1.29, 1.82) is 0 Å². The van der Waals surface area contributed by atoms with E-state index in [2.05, 4.69) is 45.1 Å². The Morgan fingerprint density at radius 1 is 1.15 bits per heavy atom. The highest BCUT2D eigenvalue weighted by molar-refractivity contribution is 5.48. The van der Waals surface area contributed by atoms with Crippen molar-refractivity contribution in [3.8, 4) is 5.75 Å². The highest BCUT2D eigenvalue weighted by Crippen LogP contribution is 2.38. The average Bonchev–Trinajstić information content (AvgIpc) is 2.48. The Hall–Kier alpha value is -1.22. The normalized spacial score (nSPS) is 23.9. The highest BCUT2D eigenvalue weighted by Gasteiger charge is 2.45. The van der Waals surface area contributed by atoms with Crippen molar-refractivity contribution in [3.63, 3.8) is 0 Å². The van der Waals surface area contributed by atoms with Crippen LogP contribution in [0.15, 0.2) is 24.3 Å². The third-order valence-corrected chi connectivity index (χ3v) is 3.64. The van der Waals surface area contributed by atoms with Gasteiger partial charge in [-0.1, -0.05) is 0 Å². The van der Waals surface area contributed by atoms with Crippen molar-refractivity contribution in [3.05, 3.63) is 24.3 Å². The van der Waals surface area contributed by atoms with Gasteiger partial charge in [-0.05, 0) is 72.2 Å². The molecule has 1 fully saturated rings. The zero-order valence-electron chi connectivity index (χ0n) is 13.5. The van der Waals surface area contributed by atoms with E-state index in [-0.39, 0.29) is 17.3 Å². The van der Waals surface area contributed by atoms with Crippen LogP contribution in [0.1, 0.15) is 48.0 Å². The van der Waals surface area contributed by atoms with Gasteiger partial charge in [0.05, 0.1) is 23.3 Å². The Labute approximate surface area is 122 Å². The van der Waals surface area contributed by atoms with Crippen molar-refractivity contribution >= 4 is 5.69 Å². The lowest BCUT2D eigenvalue weighted by Gasteiger charge is -2.28. The van der Waals surface area contributed by atoms with E-state index in [1.165, 1.54) is 0 Å². The van der Waals surface area contributed by atoms with Crippen molar-refractivity contribution < 1.29 is 9.47 Å². The van der Waals surface area contributed by atoms with Crippen LogP contribution < -0.4 is 10.1 Å². The average molecular weight is 277 g/mol. The monoisotopic (exact) mass is 277 g/mol. The maximum atomic E-state index is 6.11. The summed E-state index contributed by atoms with van der Waals surface area (Å²) in [6, 6.07) is 8.47. The van der Waals surface area contributed by atoms with E-state index in [1.807, 2.05) is 26.0 Å². The van der Waals surface area contributed by atoms with E-state index >= 15 is 0 Å². The fraction of sp³-hybridized carbons (Fsp3) is 0.647. The standard InChI is InChI=1S/C17H27NO2/c1-12(2)19-14-9-7-13(8-10-14)18-15-11-16(3,4)20-17(15,5)6/h7-10,12,15,18H,11H2,1-6H3. The topological polar surface area (TPSA) is 30.5 Å². The van der Waals surface area contributed by atoms with E-state index in [4.69, 9.17) is 9.47 Å². The smallest absolute Gasteiger partial charge is 0.119 e. The lowest BCUT2D eigenvalue weighted by atomic mass is 9.94. The highest BCUT2D eigenvalue weighted by atomic mass is 16.5. The van der Waals surface area contributed by atoms with Crippen LogP contribution in [0.3, 0.4) is 0 Å². The van der Waals surface area contributed by atoms with Crippen LogP contribution in [0, 0.1) is 0 Å². The summed E-state index contributed by atoms with van der Waals surface area (Å²) in [6.07, 6.45) is 1.21. The molecule has 0 amide bonds. The number of nitrogens with one attached hydrogen (secondary N) is 1. The van der Waals surface area contributed by atoms with Gasteiger partial charge in [0, 0.05) is 5.69 Å². The van der Waals surface area contributed by atoms with E-state index in [0.29, 0.717) is 6.04 Å². The molecule has 1 aromatic rings. The van der Waals surface area contributed by atoms with Crippen LogP contribution in [0.4, 0.5) is 5.69 Å². The van der Waals surface area contributed by atoms with Crippen LogP contribution in [0.25, 0.3) is 0 Å². The predicted molar refractivity (Wildman–Crippen MR) is 83.5 cm³/mol. The number of hydrogen-bond donors (Lipinski definition) is 1. The molecule has 112 valence electrons. The minimum atomic E-state index is -0.156. The fourth-order valence-corrected chi connectivity index (χ4v) is 2.89. The number of hydrogen-bond acceptors (Lipinski definition) is 3. The van der Waals surface area contributed by atoms with Gasteiger partial charge in [-0.25, -0.2) is 0 Å². The summed E-state index contributed by atoms with van der Waals surface area (Å²) in [7, 11) is 0. The van der Waals surface area contributed by atoms with E-state index < -0.39 is 0 Å². The minimum Gasteiger partial charge on any atom is -0.491 e. The van der Waals surface area contributed by atoms with E-state index in [1.54, 1.807) is 0 Å². The Bertz CT molecular complexity index is 449. The van der Waals surface area contributed by atoms with Gasteiger partial charge in [0.2, 0.25) is 0 Å². The van der Waals surface area contributed by atoms with Gasteiger partial charge in [-0.2, -0.15) is 0 Å². The number of rotatable bonds is 4. The fourth-order valence-electron chi connectivity index (χ4n) is 2.89. The quantitative estimate of drug-likeness (QED) is 0.893. The third-order valence-electron chi connectivity index (χ3n) is 3.64. The summed E-state index contributed by atoms with van der Waals surface area (Å²) in [5.74, 6) is 0.910. The molecule has 0 aliphatic carbocycles. The molecule has 1 saturated heterocycles. The van der Waals surface area contributed by atoms with Gasteiger partial charge in [0.1, 0.15) is 5.75 Å². The first-order valence-electron chi connectivity index (χ1n) is 7.41. The second kappa shape index (κ2) is 5.28. The summed E-state index contributed by atoms with van der Waals surface area (Å²) >= 11 is 0. The molecule has 3 heteroatoms. The summed E-state index contributed by atoms with van der Waals surface area (Å²) in [5, 5.41) is 3.59. The molecule has 0 aromatic heterocycles. The van der Waals surface area contributed by atoms with Gasteiger partial charge in [0.15, 0.2) is 0 Å². The molecule has 1 aliphatic rings. The molecule has 20 heavy (non-hydrogen) atoms. The molecule has 1 heterocycles. The van der Waals surface area contributed by atoms with Crippen molar-refractivity contribution in [2.45, 2.75) is 71.3 Å².